The van der Waals surface area contributed by atoms with Gasteiger partial charge >= 0.3 is 6.18 Å². The Morgan fingerprint density at radius 2 is 2.07 bits per heavy atom. The molecule has 5 heterocycles. The van der Waals surface area contributed by atoms with Gasteiger partial charge in [-0.1, -0.05) is 6.07 Å². The van der Waals surface area contributed by atoms with Crippen molar-refractivity contribution < 1.29 is 22.3 Å². The summed E-state index contributed by atoms with van der Waals surface area (Å²) in [4.78, 5) is 10.7. The summed E-state index contributed by atoms with van der Waals surface area (Å²) in [5.41, 5.74) is 1.05. The minimum Gasteiger partial charge on any atom is -0.423 e. The number of halogens is 3. The van der Waals surface area contributed by atoms with E-state index in [4.69, 9.17) is 9.15 Å². The molecule has 2 aromatic heterocycles. The molecule has 0 saturated carbocycles. The van der Waals surface area contributed by atoms with Gasteiger partial charge in [-0.15, -0.1) is 11.3 Å². The quantitative estimate of drug-likeness (QED) is 0.707. The molecule has 3 saturated heterocycles. The van der Waals surface area contributed by atoms with Crippen molar-refractivity contribution in [3.05, 3.63) is 29.3 Å². The summed E-state index contributed by atoms with van der Waals surface area (Å²) in [6.07, 6.45) is -3.88. The Labute approximate surface area is 162 Å². The molecule has 10 heteroatoms. The van der Waals surface area contributed by atoms with Gasteiger partial charge in [0.2, 0.25) is 0 Å². The highest BCUT2D eigenvalue weighted by Gasteiger charge is 2.43. The van der Waals surface area contributed by atoms with Crippen LogP contribution in [0.1, 0.15) is 18.1 Å². The Morgan fingerprint density at radius 3 is 2.68 bits per heavy atom. The first-order valence-electron chi connectivity index (χ1n) is 8.88. The van der Waals surface area contributed by atoms with Crippen LogP contribution in [0.2, 0.25) is 0 Å². The third kappa shape index (κ3) is 2.87. The van der Waals surface area contributed by atoms with Gasteiger partial charge in [0.15, 0.2) is 11.7 Å². The van der Waals surface area contributed by atoms with Crippen LogP contribution in [0.4, 0.5) is 19.2 Å². The number of piperazine rings is 1. The third-order valence-corrected chi connectivity index (χ3v) is 6.04. The number of aromatic nitrogens is 2. The fourth-order valence-corrected chi connectivity index (χ4v) is 4.65. The summed E-state index contributed by atoms with van der Waals surface area (Å²) < 4.78 is 51.3. The second-order valence-electron chi connectivity index (χ2n) is 7.07. The molecule has 3 fully saturated rings. The predicted octanol–water partition coefficient (Wildman–Crippen LogP) is 3.75. The van der Waals surface area contributed by atoms with Crippen molar-refractivity contribution in [3.63, 3.8) is 0 Å². The van der Waals surface area contributed by atoms with Crippen molar-refractivity contribution in [2.45, 2.75) is 30.8 Å². The van der Waals surface area contributed by atoms with E-state index in [0.29, 0.717) is 34.3 Å². The molecule has 6 rings (SSSR count). The summed E-state index contributed by atoms with van der Waals surface area (Å²) in [6, 6.07) is 4.08. The second kappa shape index (κ2) is 6.43. The van der Waals surface area contributed by atoms with E-state index in [9.17, 15) is 13.2 Å². The predicted molar refractivity (Wildman–Crippen MR) is 98.5 cm³/mol. The van der Waals surface area contributed by atoms with Crippen molar-refractivity contribution in [3.8, 4) is 10.6 Å². The van der Waals surface area contributed by atoms with Crippen LogP contribution >= 0.6 is 11.3 Å². The van der Waals surface area contributed by atoms with E-state index in [1.807, 2.05) is 10.3 Å². The molecule has 1 aromatic carbocycles. The zero-order chi connectivity index (χ0) is 19.5. The van der Waals surface area contributed by atoms with E-state index in [0.717, 1.165) is 26.6 Å². The number of ether oxygens (including phenoxy) is 1. The van der Waals surface area contributed by atoms with Gasteiger partial charge in [0.1, 0.15) is 10.5 Å². The zero-order valence-corrected chi connectivity index (χ0v) is 15.7. The Hall–Kier alpha value is -2.17. The molecule has 3 aromatic rings. The number of methoxy groups -OCH3 is 1. The number of rotatable bonds is 4. The van der Waals surface area contributed by atoms with Crippen LogP contribution < -0.4 is 10.2 Å². The number of fused-ring (bicyclic) bond motifs is 3. The van der Waals surface area contributed by atoms with E-state index in [-0.39, 0.29) is 11.1 Å². The van der Waals surface area contributed by atoms with Crippen molar-refractivity contribution in [1.29, 1.82) is 0 Å². The minimum absolute atomic E-state index is 0.0550. The Bertz CT molecular complexity index is 988. The Balaban J connectivity index is 1.66. The van der Waals surface area contributed by atoms with E-state index in [1.165, 1.54) is 17.4 Å². The number of alkyl halides is 3. The average molecular weight is 410 g/mol. The number of anilines is 1. The fourth-order valence-electron chi connectivity index (χ4n) is 3.99. The van der Waals surface area contributed by atoms with Crippen molar-refractivity contribution in [2.75, 3.05) is 25.1 Å². The molecule has 3 aliphatic heterocycles. The van der Waals surface area contributed by atoms with E-state index in [2.05, 4.69) is 15.3 Å². The highest BCUT2D eigenvalue weighted by molar-refractivity contribution is 7.13. The smallest absolute Gasteiger partial charge is 0.418 e. The SMILES string of the molecule is CO[C@H](c1ccc(-c2nccs2)c2oc(N3C[C@H]4C[C@H](C3)N4)nc12)C(F)(F)F. The first-order chi connectivity index (χ1) is 13.4. The lowest BCUT2D eigenvalue weighted by Crippen LogP contribution is -2.67. The fraction of sp³-hybridized carbons (Fsp3) is 0.444. The molecule has 0 unspecified atom stereocenters. The Kier molecular flexibility index (Phi) is 4.11. The number of piperidine rings is 1. The highest BCUT2D eigenvalue weighted by atomic mass is 32.1. The third-order valence-electron chi connectivity index (χ3n) is 5.23. The molecule has 2 bridgehead atoms. The van der Waals surface area contributed by atoms with Gasteiger partial charge in [-0.2, -0.15) is 18.2 Å². The maximum Gasteiger partial charge on any atom is 0.418 e. The molecule has 28 heavy (non-hydrogen) atoms. The molecular formula is C18H17F3N4O2S. The molecule has 0 amide bonds. The van der Waals surface area contributed by atoms with Crippen LogP contribution in [0, 0.1) is 0 Å². The van der Waals surface area contributed by atoms with Gasteiger partial charge in [-0.05, 0) is 12.5 Å². The highest BCUT2D eigenvalue weighted by Crippen LogP contribution is 2.42. The van der Waals surface area contributed by atoms with Gasteiger partial charge in [0.05, 0.1) is 5.56 Å². The van der Waals surface area contributed by atoms with Crippen LogP contribution in [0.5, 0.6) is 0 Å². The largest absolute Gasteiger partial charge is 0.423 e. The summed E-state index contributed by atoms with van der Waals surface area (Å²) in [5.74, 6) is 0. The zero-order valence-electron chi connectivity index (χ0n) is 14.9. The van der Waals surface area contributed by atoms with Crippen molar-refractivity contribution >= 4 is 28.5 Å². The van der Waals surface area contributed by atoms with Gasteiger partial charge < -0.3 is 19.4 Å². The van der Waals surface area contributed by atoms with Crippen LogP contribution in [0.15, 0.2) is 28.1 Å². The van der Waals surface area contributed by atoms with Gasteiger partial charge in [0, 0.05) is 49.4 Å². The summed E-state index contributed by atoms with van der Waals surface area (Å²) in [5, 5.41) is 5.90. The van der Waals surface area contributed by atoms with Gasteiger partial charge in [-0.25, -0.2) is 4.98 Å². The molecule has 3 atom stereocenters. The molecule has 1 N–H and O–H groups in total. The molecule has 0 radical (unpaired) electrons. The number of hydrogen-bond acceptors (Lipinski definition) is 7. The number of nitrogens with one attached hydrogen (secondary N) is 1. The molecule has 3 aliphatic rings. The van der Waals surface area contributed by atoms with Gasteiger partial charge in [0.25, 0.3) is 6.01 Å². The van der Waals surface area contributed by atoms with Crippen LogP contribution in [0.25, 0.3) is 21.7 Å². The van der Waals surface area contributed by atoms with Gasteiger partial charge in [-0.3, -0.25) is 0 Å². The summed E-state index contributed by atoms with van der Waals surface area (Å²) in [7, 11) is 1.05. The Morgan fingerprint density at radius 1 is 1.32 bits per heavy atom. The summed E-state index contributed by atoms with van der Waals surface area (Å²) in [6.45, 7) is 1.44. The van der Waals surface area contributed by atoms with Crippen LogP contribution in [0.3, 0.4) is 0 Å². The topological polar surface area (TPSA) is 63.4 Å². The number of thiazole rings is 1. The average Bonchev–Trinajstić information content (AvgIpc) is 3.31. The number of nitrogens with zero attached hydrogens (tertiary/aromatic N) is 3. The van der Waals surface area contributed by atoms with Crippen LogP contribution in [-0.4, -0.2) is 48.4 Å². The lowest BCUT2D eigenvalue weighted by molar-refractivity contribution is -0.215. The van der Waals surface area contributed by atoms with Crippen molar-refractivity contribution in [2.24, 2.45) is 0 Å². The molecule has 148 valence electrons. The molecule has 0 aliphatic carbocycles. The van der Waals surface area contributed by atoms with E-state index >= 15 is 0 Å². The maximum atomic E-state index is 13.5. The summed E-state index contributed by atoms with van der Waals surface area (Å²) >= 11 is 1.39. The first-order valence-corrected chi connectivity index (χ1v) is 9.76. The monoisotopic (exact) mass is 410 g/mol. The minimum atomic E-state index is -4.56. The standard InChI is InChI=1S/C18H17F3N4O2S/c1-26-15(18(19,20)21)11-2-3-12(16-22-4-5-28-16)14-13(11)24-17(27-14)25-7-9-6-10(8-25)23-9/h2-5,9-10,15,23H,6-8H2,1H3/t9-,10-,15-/m1/s1. The molecule has 6 nitrogen and oxygen atoms in total. The number of benzene rings is 1. The van der Waals surface area contributed by atoms with Crippen molar-refractivity contribution in [1.82, 2.24) is 15.3 Å². The van der Waals surface area contributed by atoms with E-state index in [1.54, 1.807) is 12.3 Å². The molecule has 0 spiro atoms. The molecular weight excluding hydrogens is 393 g/mol. The lowest BCUT2D eigenvalue weighted by Gasteiger charge is -2.47. The first kappa shape index (κ1) is 17.9. The number of hydrogen-bond donors (Lipinski definition) is 1. The van der Waals surface area contributed by atoms with Crippen LogP contribution in [-0.2, 0) is 4.74 Å². The van der Waals surface area contributed by atoms with E-state index < -0.39 is 12.3 Å². The second-order valence-corrected chi connectivity index (χ2v) is 7.97. The lowest BCUT2D eigenvalue weighted by atomic mass is 9.92. The normalized spacial score (nSPS) is 23.1. The number of oxazole rings is 1. The maximum absolute atomic E-state index is 13.5.